The van der Waals surface area contributed by atoms with E-state index in [4.69, 9.17) is 16.3 Å². The van der Waals surface area contributed by atoms with Crippen LogP contribution in [0.25, 0.3) is 11.3 Å². The molecule has 3 aromatic rings. The van der Waals surface area contributed by atoms with Gasteiger partial charge in [-0.3, -0.25) is 14.3 Å². The minimum atomic E-state index is -1.07. The average Bonchev–Trinajstić information content (AvgIpc) is 3.12. The summed E-state index contributed by atoms with van der Waals surface area (Å²) in [6, 6.07) is 8.72. The van der Waals surface area contributed by atoms with Gasteiger partial charge in [0.2, 0.25) is 5.91 Å². The average molecular weight is 489 g/mol. The fourth-order valence-electron chi connectivity index (χ4n) is 3.94. The van der Waals surface area contributed by atoms with Crippen molar-refractivity contribution in [3.8, 4) is 17.0 Å². The zero-order valence-electron chi connectivity index (χ0n) is 18.9. The van der Waals surface area contributed by atoms with Gasteiger partial charge in [0.25, 0.3) is 5.91 Å². The molecule has 1 aromatic heterocycles. The molecule has 0 radical (unpaired) electrons. The Kier molecular flexibility index (Phi) is 6.56. The second-order valence-corrected chi connectivity index (χ2v) is 8.76. The Bertz CT molecular complexity index is 1280. The van der Waals surface area contributed by atoms with Crippen molar-refractivity contribution in [1.82, 2.24) is 20.0 Å². The molecule has 0 unspecified atom stereocenters. The maximum atomic E-state index is 14.4. The SMILES string of the molecule is CC(C)NC(=O)CN(Cc1cccc(F)c1F)C(=O)c1nn(C)c2c1COc1ccc(Cl)cc1-2. The van der Waals surface area contributed by atoms with Crippen molar-refractivity contribution in [2.45, 2.75) is 33.0 Å². The van der Waals surface area contributed by atoms with E-state index in [-0.39, 0.29) is 37.0 Å². The molecule has 4 rings (SSSR count). The van der Waals surface area contributed by atoms with E-state index in [2.05, 4.69) is 10.4 Å². The smallest absolute Gasteiger partial charge is 0.275 e. The number of carbonyl (C=O) groups is 2. The number of amides is 2. The number of rotatable bonds is 6. The van der Waals surface area contributed by atoms with Crippen molar-refractivity contribution in [2.24, 2.45) is 7.05 Å². The van der Waals surface area contributed by atoms with E-state index in [9.17, 15) is 18.4 Å². The number of carbonyl (C=O) groups excluding carboxylic acids is 2. The van der Waals surface area contributed by atoms with E-state index in [1.807, 2.05) is 0 Å². The molecule has 0 atom stereocenters. The third kappa shape index (κ3) is 4.61. The number of aromatic nitrogens is 2. The van der Waals surface area contributed by atoms with Crippen molar-refractivity contribution in [3.05, 3.63) is 69.9 Å². The van der Waals surface area contributed by atoms with Crippen LogP contribution >= 0.6 is 11.6 Å². The fourth-order valence-corrected chi connectivity index (χ4v) is 4.11. The first-order valence-electron chi connectivity index (χ1n) is 10.7. The Morgan fingerprint density at radius 2 is 2.03 bits per heavy atom. The first-order chi connectivity index (χ1) is 16.2. The maximum Gasteiger partial charge on any atom is 0.275 e. The molecule has 1 N–H and O–H groups in total. The number of aryl methyl sites for hydroxylation is 1. The monoisotopic (exact) mass is 488 g/mol. The Morgan fingerprint density at radius 3 is 2.76 bits per heavy atom. The van der Waals surface area contributed by atoms with E-state index in [1.165, 1.54) is 12.1 Å². The van der Waals surface area contributed by atoms with Crippen LogP contribution < -0.4 is 10.1 Å². The summed E-state index contributed by atoms with van der Waals surface area (Å²) < 4.78 is 35.5. The van der Waals surface area contributed by atoms with Gasteiger partial charge in [0.15, 0.2) is 17.3 Å². The van der Waals surface area contributed by atoms with E-state index in [1.54, 1.807) is 43.8 Å². The van der Waals surface area contributed by atoms with Crippen LogP contribution in [-0.4, -0.2) is 39.1 Å². The quantitative estimate of drug-likeness (QED) is 0.567. The molecule has 0 bridgehead atoms. The number of halogens is 3. The normalized spacial score (nSPS) is 12.1. The lowest BCUT2D eigenvalue weighted by molar-refractivity contribution is -0.122. The van der Waals surface area contributed by atoms with Gasteiger partial charge < -0.3 is 15.0 Å². The highest BCUT2D eigenvalue weighted by Crippen LogP contribution is 2.40. The zero-order chi connectivity index (χ0) is 24.6. The number of ether oxygens (including phenoxy) is 1. The molecule has 1 aliphatic heterocycles. The molecule has 0 aliphatic carbocycles. The van der Waals surface area contributed by atoms with Crippen LogP contribution in [0.1, 0.15) is 35.5 Å². The Morgan fingerprint density at radius 1 is 1.26 bits per heavy atom. The second-order valence-electron chi connectivity index (χ2n) is 8.32. The van der Waals surface area contributed by atoms with Gasteiger partial charge in [-0.1, -0.05) is 23.7 Å². The number of hydrogen-bond acceptors (Lipinski definition) is 4. The summed E-state index contributed by atoms with van der Waals surface area (Å²) in [7, 11) is 1.69. The van der Waals surface area contributed by atoms with E-state index < -0.39 is 23.4 Å². The van der Waals surface area contributed by atoms with E-state index in [0.29, 0.717) is 27.6 Å². The van der Waals surface area contributed by atoms with E-state index >= 15 is 0 Å². The molecular weight excluding hydrogens is 466 g/mol. The molecule has 0 saturated carbocycles. The number of fused-ring (bicyclic) bond motifs is 3. The summed E-state index contributed by atoms with van der Waals surface area (Å²) in [6.45, 7) is 2.97. The third-order valence-electron chi connectivity index (χ3n) is 5.38. The van der Waals surface area contributed by atoms with Gasteiger partial charge in [-0.2, -0.15) is 5.10 Å². The van der Waals surface area contributed by atoms with Crippen molar-refractivity contribution in [3.63, 3.8) is 0 Å². The summed E-state index contributed by atoms with van der Waals surface area (Å²) in [4.78, 5) is 27.2. The number of nitrogens with one attached hydrogen (secondary N) is 1. The molecule has 2 amide bonds. The molecular formula is C24H23ClF2N4O3. The highest BCUT2D eigenvalue weighted by molar-refractivity contribution is 6.31. The van der Waals surface area contributed by atoms with Gasteiger partial charge >= 0.3 is 0 Å². The Balaban J connectivity index is 1.73. The molecule has 10 heteroatoms. The van der Waals surface area contributed by atoms with Crippen molar-refractivity contribution < 1.29 is 23.1 Å². The highest BCUT2D eigenvalue weighted by Gasteiger charge is 2.32. The van der Waals surface area contributed by atoms with Gasteiger partial charge in [-0.25, -0.2) is 8.78 Å². The molecule has 1 aliphatic rings. The molecule has 0 saturated heterocycles. The number of benzene rings is 2. The lowest BCUT2D eigenvalue weighted by Crippen LogP contribution is -2.43. The first-order valence-corrected chi connectivity index (χ1v) is 11.0. The van der Waals surface area contributed by atoms with Gasteiger partial charge in [0.1, 0.15) is 18.9 Å². The molecule has 0 spiro atoms. The van der Waals surface area contributed by atoms with Crippen LogP contribution in [-0.2, 0) is 25.0 Å². The van der Waals surface area contributed by atoms with Crippen LogP contribution in [0.2, 0.25) is 5.02 Å². The molecule has 7 nitrogen and oxygen atoms in total. The maximum absolute atomic E-state index is 14.4. The number of hydrogen-bond donors (Lipinski definition) is 1. The van der Waals surface area contributed by atoms with Crippen LogP contribution in [0, 0.1) is 11.6 Å². The lowest BCUT2D eigenvalue weighted by atomic mass is 10.0. The third-order valence-corrected chi connectivity index (χ3v) is 5.62. The van der Waals surface area contributed by atoms with Gasteiger partial charge in [0, 0.05) is 41.3 Å². The van der Waals surface area contributed by atoms with Crippen LogP contribution in [0.3, 0.4) is 0 Å². The predicted molar refractivity (Wildman–Crippen MR) is 122 cm³/mol. The molecule has 34 heavy (non-hydrogen) atoms. The topological polar surface area (TPSA) is 76.5 Å². The van der Waals surface area contributed by atoms with Gasteiger partial charge in [-0.05, 0) is 38.1 Å². The Hall–Kier alpha value is -3.46. The predicted octanol–water partition coefficient (Wildman–Crippen LogP) is 4.08. The molecule has 2 aromatic carbocycles. The zero-order valence-corrected chi connectivity index (χ0v) is 19.6. The molecule has 178 valence electrons. The minimum Gasteiger partial charge on any atom is -0.488 e. The summed E-state index contributed by atoms with van der Waals surface area (Å²) in [5.41, 5.74) is 1.89. The minimum absolute atomic E-state index is 0.0520. The van der Waals surface area contributed by atoms with Crippen LogP contribution in [0.5, 0.6) is 5.75 Å². The summed E-state index contributed by atoms with van der Waals surface area (Å²) in [5, 5.41) is 7.60. The van der Waals surface area contributed by atoms with E-state index in [0.717, 1.165) is 11.0 Å². The second kappa shape index (κ2) is 9.42. The fraction of sp³-hybridized carbons (Fsp3) is 0.292. The van der Waals surface area contributed by atoms with Gasteiger partial charge in [-0.15, -0.1) is 0 Å². The lowest BCUT2D eigenvalue weighted by Gasteiger charge is -2.24. The summed E-state index contributed by atoms with van der Waals surface area (Å²) in [6.07, 6.45) is 0. The van der Waals surface area contributed by atoms with Crippen LogP contribution in [0.15, 0.2) is 36.4 Å². The Labute approximate surface area is 200 Å². The summed E-state index contributed by atoms with van der Waals surface area (Å²) in [5.74, 6) is -2.53. The summed E-state index contributed by atoms with van der Waals surface area (Å²) >= 11 is 6.16. The molecule has 0 fully saturated rings. The highest BCUT2D eigenvalue weighted by atomic mass is 35.5. The number of nitrogens with zero attached hydrogens (tertiary/aromatic N) is 3. The standard InChI is InChI=1S/C24H23ClF2N4O3/c1-13(2)28-20(32)11-31(10-14-5-4-6-18(26)21(14)27)24(33)22-17-12-34-19-8-7-15(25)9-16(19)23(17)30(3)29-22/h4-9,13H,10-12H2,1-3H3,(H,28,32). The van der Waals surface area contributed by atoms with Crippen molar-refractivity contribution >= 4 is 23.4 Å². The van der Waals surface area contributed by atoms with Crippen molar-refractivity contribution in [2.75, 3.05) is 6.54 Å². The van der Waals surface area contributed by atoms with Crippen LogP contribution in [0.4, 0.5) is 8.78 Å². The van der Waals surface area contributed by atoms with Crippen molar-refractivity contribution in [1.29, 1.82) is 0 Å². The van der Waals surface area contributed by atoms with Gasteiger partial charge in [0.05, 0.1) is 5.69 Å². The largest absolute Gasteiger partial charge is 0.488 e. The molecule has 2 heterocycles. The first kappa shape index (κ1) is 23.7.